The van der Waals surface area contributed by atoms with E-state index in [2.05, 4.69) is 20.5 Å². The number of aryl methyl sites for hydroxylation is 1. The highest BCUT2D eigenvalue weighted by atomic mass is 35.5. The first-order valence-corrected chi connectivity index (χ1v) is 10.2. The number of aromatic nitrogens is 4. The van der Waals surface area contributed by atoms with Crippen LogP contribution in [0.15, 0.2) is 34.8 Å². The van der Waals surface area contributed by atoms with E-state index in [1.165, 1.54) is 23.1 Å². The summed E-state index contributed by atoms with van der Waals surface area (Å²) in [6.45, 7) is 6.46. The van der Waals surface area contributed by atoms with Crippen molar-refractivity contribution in [3.05, 3.63) is 40.4 Å². The number of hydrogen-bond acceptors (Lipinski definition) is 6. The lowest BCUT2D eigenvalue weighted by Gasteiger charge is -2.11. The van der Waals surface area contributed by atoms with Crippen molar-refractivity contribution in [2.45, 2.75) is 37.7 Å². The molecule has 1 N–H and O–H groups in total. The summed E-state index contributed by atoms with van der Waals surface area (Å²) in [6.07, 6.45) is 0. The number of rotatable bonds is 6. The zero-order valence-electron chi connectivity index (χ0n) is 14.6. The van der Waals surface area contributed by atoms with E-state index in [4.69, 9.17) is 11.6 Å². The van der Waals surface area contributed by atoms with E-state index in [9.17, 15) is 4.79 Å². The molecule has 0 aliphatic heterocycles. The molecule has 0 fully saturated rings. The van der Waals surface area contributed by atoms with Gasteiger partial charge in [0.2, 0.25) is 5.91 Å². The van der Waals surface area contributed by atoms with Gasteiger partial charge in [0.15, 0.2) is 16.1 Å². The van der Waals surface area contributed by atoms with Gasteiger partial charge in [0, 0.05) is 22.5 Å². The third-order valence-corrected chi connectivity index (χ3v) is 5.84. The molecule has 3 aromatic rings. The number of amides is 1. The van der Waals surface area contributed by atoms with Crippen LogP contribution in [0.1, 0.15) is 19.5 Å². The van der Waals surface area contributed by atoms with Crippen LogP contribution in [0.3, 0.4) is 0 Å². The van der Waals surface area contributed by atoms with Gasteiger partial charge in [-0.1, -0.05) is 23.4 Å². The average Bonchev–Trinajstić information content (AvgIpc) is 3.21. The van der Waals surface area contributed by atoms with Crippen LogP contribution in [0.5, 0.6) is 0 Å². The van der Waals surface area contributed by atoms with Crippen molar-refractivity contribution in [3.8, 4) is 11.4 Å². The van der Waals surface area contributed by atoms with Crippen molar-refractivity contribution in [2.24, 2.45) is 0 Å². The lowest BCUT2D eigenvalue weighted by molar-refractivity contribution is -0.115. The first kappa shape index (κ1) is 18.9. The molecule has 0 unspecified atom stereocenters. The highest BCUT2D eigenvalue weighted by molar-refractivity contribution is 8.00. The number of nitrogens with zero attached hydrogens (tertiary/aromatic N) is 4. The molecule has 1 amide bonds. The van der Waals surface area contributed by atoms with Crippen molar-refractivity contribution in [3.63, 3.8) is 0 Å². The fourth-order valence-electron chi connectivity index (χ4n) is 2.30. The Morgan fingerprint density at radius 2 is 2.08 bits per heavy atom. The molecule has 1 aromatic carbocycles. The van der Waals surface area contributed by atoms with Crippen LogP contribution in [0.2, 0.25) is 5.02 Å². The Balaban J connectivity index is 1.75. The molecule has 6 nitrogen and oxygen atoms in total. The molecule has 1 atom stereocenters. The van der Waals surface area contributed by atoms with E-state index < -0.39 is 0 Å². The Kier molecular flexibility index (Phi) is 5.95. The number of halogens is 1. The van der Waals surface area contributed by atoms with Gasteiger partial charge in [-0.25, -0.2) is 4.98 Å². The molecule has 26 heavy (non-hydrogen) atoms. The molecule has 0 saturated heterocycles. The summed E-state index contributed by atoms with van der Waals surface area (Å²) in [5, 5.41) is 15.0. The Morgan fingerprint density at radius 3 is 2.69 bits per heavy atom. The molecule has 2 heterocycles. The smallest absolute Gasteiger partial charge is 0.239 e. The molecule has 0 saturated carbocycles. The van der Waals surface area contributed by atoms with E-state index in [0.717, 1.165) is 17.1 Å². The number of thioether (sulfide) groups is 1. The van der Waals surface area contributed by atoms with Gasteiger partial charge >= 0.3 is 0 Å². The summed E-state index contributed by atoms with van der Waals surface area (Å²) in [6, 6.07) is 7.47. The number of carbonyl (C=O) groups is 1. The summed E-state index contributed by atoms with van der Waals surface area (Å²) in [7, 11) is 0. The van der Waals surface area contributed by atoms with Crippen molar-refractivity contribution in [2.75, 3.05) is 5.32 Å². The summed E-state index contributed by atoms with van der Waals surface area (Å²) in [5.74, 6) is 0.651. The Labute approximate surface area is 165 Å². The maximum Gasteiger partial charge on any atom is 0.239 e. The second kappa shape index (κ2) is 8.20. The molecule has 0 bridgehead atoms. The van der Waals surface area contributed by atoms with Gasteiger partial charge in [-0.2, -0.15) is 0 Å². The van der Waals surface area contributed by atoms with E-state index in [0.29, 0.717) is 21.9 Å². The first-order valence-electron chi connectivity index (χ1n) is 8.06. The summed E-state index contributed by atoms with van der Waals surface area (Å²) < 4.78 is 1.99. The van der Waals surface area contributed by atoms with Crippen LogP contribution in [-0.2, 0) is 11.3 Å². The maximum atomic E-state index is 12.4. The van der Waals surface area contributed by atoms with Crippen molar-refractivity contribution < 1.29 is 4.79 Å². The maximum absolute atomic E-state index is 12.4. The molecule has 0 aliphatic carbocycles. The SMILES string of the molecule is CCn1c(S[C@@H](C)C(=O)Nc2nc(C)cs2)nnc1-c1ccc(Cl)cc1. The number of hydrogen-bond donors (Lipinski definition) is 1. The van der Waals surface area contributed by atoms with Crippen molar-refractivity contribution >= 4 is 45.7 Å². The second-order valence-corrected chi connectivity index (χ2v) is 8.20. The molecule has 2 aromatic heterocycles. The minimum Gasteiger partial charge on any atom is -0.302 e. The van der Waals surface area contributed by atoms with Gasteiger partial charge in [0.1, 0.15) is 0 Å². The molecular formula is C17H18ClN5OS2. The van der Waals surface area contributed by atoms with Crippen LogP contribution in [0.25, 0.3) is 11.4 Å². The lowest BCUT2D eigenvalue weighted by atomic mass is 10.2. The van der Waals surface area contributed by atoms with Crippen LogP contribution < -0.4 is 5.32 Å². The van der Waals surface area contributed by atoms with Crippen molar-refractivity contribution in [1.82, 2.24) is 19.7 Å². The fourth-order valence-corrected chi connectivity index (χ4v) is 4.03. The van der Waals surface area contributed by atoms with Crippen molar-refractivity contribution in [1.29, 1.82) is 0 Å². The second-order valence-electron chi connectivity index (χ2n) is 5.60. The van der Waals surface area contributed by atoms with Crippen LogP contribution in [0, 0.1) is 6.92 Å². The first-order chi connectivity index (χ1) is 12.5. The van der Waals surface area contributed by atoms with Gasteiger partial charge in [-0.05, 0) is 45.0 Å². The topological polar surface area (TPSA) is 72.7 Å². The third-order valence-electron chi connectivity index (χ3n) is 3.64. The van der Waals surface area contributed by atoms with E-state index >= 15 is 0 Å². The Morgan fingerprint density at radius 1 is 1.35 bits per heavy atom. The number of anilines is 1. The number of carbonyl (C=O) groups excluding carboxylic acids is 1. The summed E-state index contributed by atoms with van der Waals surface area (Å²) in [4.78, 5) is 16.7. The van der Waals surface area contributed by atoms with Gasteiger partial charge in [-0.3, -0.25) is 4.79 Å². The fraction of sp³-hybridized carbons (Fsp3) is 0.294. The molecule has 0 aliphatic rings. The lowest BCUT2D eigenvalue weighted by Crippen LogP contribution is -2.22. The van der Waals surface area contributed by atoms with Gasteiger partial charge in [0.05, 0.1) is 10.9 Å². The zero-order valence-corrected chi connectivity index (χ0v) is 17.0. The monoisotopic (exact) mass is 407 g/mol. The molecule has 9 heteroatoms. The van der Waals surface area contributed by atoms with Gasteiger partial charge in [-0.15, -0.1) is 21.5 Å². The quantitative estimate of drug-likeness (QED) is 0.609. The average molecular weight is 408 g/mol. The zero-order chi connectivity index (χ0) is 18.7. The molecule has 3 rings (SSSR count). The largest absolute Gasteiger partial charge is 0.302 e. The summed E-state index contributed by atoms with van der Waals surface area (Å²) >= 11 is 8.75. The normalized spacial score (nSPS) is 12.2. The van der Waals surface area contributed by atoms with Gasteiger partial charge < -0.3 is 9.88 Å². The minimum atomic E-state index is -0.327. The van der Waals surface area contributed by atoms with E-state index in [1.807, 2.05) is 55.0 Å². The van der Waals surface area contributed by atoms with Crippen LogP contribution in [0.4, 0.5) is 5.13 Å². The highest BCUT2D eigenvalue weighted by Crippen LogP contribution is 2.28. The third kappa shape index (κ3) is 4.25. The highest BCUT2D eigenvalue weighted by Gasteiger charge is 2.21. The van der Waals surface area contributed by atoms with Crippen LogP contribution in [-0.4, -0.2) is 30.9 Å². The Bertz CT molecular complexity index is 906. The summed E-state index contributed by atoms with van der Waals surface area (Å²) in [5.41, 5.74) is 1.83. The molecular weight excluding hydrogens is 390 g/mol. The number of benzene rings is 1. The predicted molar refractivity (Wildman–Crippen MR) is 107 cm³/mol. The minimum absolute atomic E-state index is 0.108. The van der Waals surface area contributed by atoms with Gasteiger partial charge in [0.25, 0.3) is 0 Å². The molecule has 0 spiro atoms. The number of nitrogens with one attached hydrogen (secondary N) is 1. The van der Waals surface area contributed by atoms with Crippen LogP contribution >= 0.6 is 34.7 Å². The standard InChI is InChI=1S/C17H18ClN5OS2/c1-4-23-14(12-5-7-13(18)8-6-12)21-22-17(23)26-11(3)15(24)20-16-19-10(2)9-25-16/h5-9,11H,4H2,1-3H3,(H,19,20,24)/t11-/m0/s1. The predicted octanol–water partition coefficient (Wildman–Crippen LogP) is 4.50. The molecule has 0 radical (unpaired) electrons. The van der Waals surface area contributed by atoms with E-state index in [1.54, 1.807) is 0 Å². The molecule has 136 valence electrons. The Hall–Kier alpha value is -1.90. The number of thiazole rings is 1. The van der Waals surface area contributed by atoms with E-state index in [-0.39, 0.29) is 11.2 Å².